The molecule has 2 rings (SSSR count). The van der Waals surface area contributed by atoms with Crippen LogP contribution in [0.25, 0.3) is 0 Å². The van der Waals surface area contributed by atoms with E-state index in [1.54, 1.807) is 41.5 Å². The van der Waals surface area contributed by atoms with Crippen LogP contribution in [0.15, 0.2) is 47.1 Å². The quantitative estimate of drug-likeness (QED) is 0.533. The van der Waals surface area contributed by atoms with Crippen molar-refractivity contribution in [1.82, 2.24) is 10.2 Å². The summed E-state index contributed by atoms with van der Waals surface area (Å²) < 4.78 is 32.8. The second-order valence-electron chi connectivity index (χ2n) is 5.96. The predicted molar refractivity (Wildman–Crippen MR) is 98.2 cm³/mol. The lowest BCUT2D eigenvalue weighted by atomic mass is 10.2. The van der Waals surface area contributed by atoms with Gasteiger partial charge in [-0.3, -0.25) is 0 Å². The van der Waals surface area contributed by atoms with Gasteiger partial charge in [0.05, 0.1) is 19.1 Å². The highest BCUT2D eigenvalue weighted by Gasteiger charge is 2.16. The van der Waals surface area contributed by atoms with Gasteiger partial charge < -0.3 is 18.8 Å². The summed E-state index contributed by atoms with van der Waals surface area (Å²) in [6.45, 7) is 3.25. The smallest absolute Gasteiger partial charge is 0.318 e. The third-order valence-electron chi connectivity index (χ3n) is 3.54. The molecule has 2 amide bonds. The molecule has 2 aromatic rings. The first-order chi connectivity index (χ1) is 12.4. The molecular formula is C18H24N2O5S. The van der Waals surface area contributed by atoms with Crippen molar-refractivity contribution >= 4 is 16.1 Å². The molecule has 0 radical (unpaired) electrons. The maximum atomic E-state index is 12.5. The molecule has 0 bridgehead atoms. The minimum absolute atomic E-state index is 0.204. The van der Waals surface area contributed by atoms with E-state index < -0.39 is 10.1 Å². The average Bonchev–Trinajstić information content (AvgIpc) is 3.06. The molecule has 1 heterocycles. The van der Waals surface area contributed by atoms with E-state index in [9.17, 15) is 13.2 Å². The fourth-order valence-corrected chi connectivity index (χ4v) is 2.82. The number of furan rings is 1. The molecule has 1 aromatic heterocycles. The Bertz CT molecular complexity index is 803. The molecule has 0 saturated carbocycles. The second-order valence-corrected chi connectivity index (χ2v) is 7.53. The Morgan fingerprint density at radius 2 is 2.04 bits per heavy atom. The SMILES string of the molecule is CCCCNC(=O)N(Cc1cccc(OS(C)(=O)=O)c1)Cc1ccco1. The highest BCUT2D eigenvalue weighted by Crippen LogP contribution is 2.18. The Hall–Kier alpha value is -2.48. The summed E-state index contributed by atoms with van der Waals surface area (Å²) in [4.78, 5) is 14.1. The van der Waals surface area contributed by atoms with Gasteiger partial charge in [0.1, 0.15) is 11.5 Å². The summed E-state index contributed by atoms with van der Waals surface area (Å²) in [5.41, 5.74) is 0.753. The van der Waals surface area contributed by atoms with E-state index in [1.807, 2.05) is 6.07 Å². The number of nitrogens with one attached hydrogen (secondary N) is 1. The Morgan fingerprint density at radius 1 is 1.23 bits per heavy atom. The Kier molecular flexibility index (Phi) is 7.08. The van der Waals surface area contributed by atoms with Crippen LogP contribution in [0.4, 0.5) is 4.79 Å². The summed E-state index contributed by atoms with van der Waals surface area (Å²) in [7, 11) is -3.60. The zero-order valence-corrected chi connectivity index (χ0v) is 15.8. The van der Waals surface area contributed by atoms with Crippen LogP contribution >= 0.6 is 0 Å². The zero-order valence-electron chi connectivity index (χ0n) is 15.0. The molecule has 0 atom stereocenters. The van der Waals surface area contributed by atoms with Crippen molar-refractivity contribution in [2.75, 3.05) is 12.8 Å². The molecular weight excluding hydrogens is 356 g/mol. The van der Waals surface area contributed by atoms with E-state index in [-0.39, 0.29) is 11.8 Å². The normalized spacial score (nSPS) is 11.2. The number of carbonyl (C=O) groups is 1. The monoisotopic (exact) mass is 380 g/mol. The number of urea groups is 1. The first-order valence-electron chi connectivity index (χ1n) is 8.41. The molecule has 0 fully saturated rings. The molecule has 7 nitrogen and oxygen atoms in total. The number of hydrogen-bond acceptors (Lipinski definition) is 5. The molecule has 0 aliphatic rings. The largest absolute Gasteiger partial charge is 0.467 e. The van der Waals surface area contributed by atoms with Crippen molar-refractivity contribution in [3.63, 3.8) is 0 Å². The van der Waals surface area contributed by atoms with Gasteiger partial charge >= 0.3 is 16.1 Å². The van der Waals surface area contributed by atoms with Gasteiger partial charge in [0.15, 0.2) is 0 Å². The van der Waals surface area contributed by atoms with Crippen molar-refractivity contribution in [2.45, 2.75) is 32.9 Å². The maximum absolute atomic E-state index is 12.5. The fraction of sp³-hybridized carbons (Fsp3) is 0.389. The summed E-state index contributed by atoms with van der Waals surface area (Å²) >= 11 is 0. The van der Waals surface area contributed by atoms with Gasteiger partial charge in [-0.15, -0.1) is 0 Å². The molecule has 0 aliphatic heterocycles. The van der Waals surface area contributed by atoms with Crippen molar-refractivity contribution in [3.8, 4) is 5.75 Å². The van der Waals surface area contributed by atoms with Gasteiger partial charge in [0, 0.05) is 13.1 Å². The van der Waals surface area contributed by atoms with E-state index in [2.05, 4.69) is 12.2 Å². The molecule has 142 valence electrons. The number of carbonyl (C=O) groups excluding carboxylic acids is 1. The third-order valence-corrected chi connectivity index (χ3v) is 4.04. The zero-order chi connectivity index (χ0) is 19.0. The van der Waals surface area contributed by atoms with Gasteiger partial charge in [0.2, 0.25) is 0 Å². The number of nitrogens with zero attached hydrogens (tertiary/aromatic N) is 1. The van der Waals surface area contributed by atoms with E-state index >= 15 is 0 Å². The number of amides is 2. The molecule has 0 spiro atoms. The van der Waals surface area contributed by atoms with Crippen molar-refractivity contribution in [2.24, 2.45) is 0 Å². The molecule has 0 unspecified atom stereocenters. The number of rotatable bonds is 9. The van der Waals surface area contributed by atoms with E-state index in [1.165, 1.54) is 0 Å². The summed E-state index contributed by atoms with van der Waals surface area (Å²) in [6.07, 6.45) is 4.44. The van der Waals surface area contributed by atoms with Crippen LogP contribution in [0.1, 0.15) is 31.1 Å². The van der Waals surface area contributed by atoms with Crippen LogP contribution in [-0.4, -0.2) is 32.1 Å². The lowest BCUT2D eigenvalue weighted by Crippen LogP contribution is -2.39. The molecule has 26 heavy (non-hydrogen) atoms. The Balaban J connectivity index is 2.12. The number of hydrogen-bond donors (Lipinski definition) is 1. The van der Waals surface area contributed by atoms with Crippen LogP contribution in [0, 0.1) is 0 Å². The lowest BCUT2D eigenvalue weighted by molar-refractivity contribution is 0.187. The topological polar surface area (TPSA) is 88.9 Å². The first kappa shape index (κ1) is 19.8. The third kappa shape index (κ3) is 6.79. The van der Waals surface area contributed by atoms with E-state index in [0.29, 0.717) is 25.4 Å². The number of benzene rings is 1. The summed E-state index contributed by atoms with van der Waals surface area (Å²) in [5, 5.41) is 2.89. The van der Waals surface area contributed by atoms with Gasteiger partial charge in [-0.25, -0.2) is 4.79 Å². The van der Waals surface area contributed by atoms with Crippen LogP contribution in [0.5, 0.6) is 5.75 Å². The van der Waals surface area contributed by atoms with Crippen LogP contribution in [-0.2, 0) is 23.2 Å². The lowest BCUT2D eigenvalue weighted by Gasteiger charge is -2.22. The summed E-state index contributed by atoms with van der Waals surface area (Å²) in [6, 6.07) is 10.0. The average molecular weight is 380 g/mol. The van der Waals surface area contributed by atoms with Gasteiger partial charge in [-0.2, -0.15) is 8.42 Å². The molecule has 1 aromatic carbocycles. The fourth-order valence-electron chi connectivity index (χ4n) is 2.36. The Morgan fingerprint density at radius 3 is 2.69 bits per heavy atom. The molecule has 0 saturated heterocycles. The van der Waals surface area contributed by atoms with Crippen LogP contribution < -0.4 is 9.50 Å². The predicted octanol–water partition coefficient (Wildman–Crippen LogP) is 3.13. The molecule has 1 N–H and O–H groups in total. The summed E-state index contributed by atoms with van der Waals surface area (Å²) in [5.74, 6) is 0.883. The van der Waals surface area contributed by atoms with Crippen molar-refractivity contribution in [3.05, 3.63) is 54.0 Å². The molecule has 0 aliphatic carbocycles. The van der Waals surface area contributed by atoms with E-state index in [4.69, 9.17) is 8.60 Å². The number of unbranched alkanes of at least 4 members (excludes halogenated alkanes) is 1. The van der Waals surface area contributed by atoms with Gasteiger partial charge in [0.25, 0.3) is 0 Å². The minimum atomic E-state index is -3.60. The first-order valence-corrected chi connectivity index (χ1v) is 10.2. The van der Waals surface area contributed by atoms with Crippen LogP contribution in [0.3, 0.4) is 0 Å². The van der Waals surface area contributed by atoms with Gasteiger partial charge in [-0.1, -0.05) is 25.5 Å². The van der Waals surface area contributed by atoms with Crippen molar-refractivity contribution in [1.29, 1.82) is 0 Å². The molecule has 8 heteroatoms. The second kappa shape index (κ2) is 9.28. The highest BCUT2D eigenvalue weighted by molar-refractivity contribution is 7.86. The van der Waals surface area contributed by atoms with Gasteiger partial charge in [-0.05, 0) is 36.2 Å². The Labute approximate surface area is 154 Å². The maximum Gasteiger partial charge on any atom is 0.318 e. The minimum Gasteiger partial charge on any atom is -0.467 e. The highest BCUT2D eigenvalue weighted by atomic mass is 32.2. The standard InChI is InChI=1S/C18H24N2O5S/c1-3-4-10-19-18(21)20(14-17-9-6-11-24-17)13-15-7-5-8-16(12-15)25-26(2,22)23/h5-9,11-12H,3-4,10,13-14H2,1-2H3,(H,19,21). The van der Waals surface area contributed by atoms with Crippen LogP contribution in [0.2, 0.25) is 0 Å². The van der Waals surface area contributed by atoms with E-state index in [0.717, 1.165) is 24.7 Å². The van der Waals surface area contributed by atoms with Crippen molar-refractivity contribution < 1.29 is 21.8 Å².